The molecule has 7 heteroatoms. The summed E-state index contributed by atoms with van der Waals surface area (Å²) in [5.41, 5.74) is 4.62. The van der Waals surface area contributed by atoms with Gasteiger partial charge in [0.05, 0.1) is 5.92 Å². The maximum atomic E-state index is 12.8. The lowest BCUT2D eigenvalue weighted by Crippen LogP contribution is -2.49. The SMILES string of the molecule is O=C(N[C@@H]1CCC[C@@H]1C(=O)NC(CC1CC1)C(=O)O)OCC1c2ccccc2-c2ccccc21. The highest BCUT2D eigenvalue weighted by atomic mass is 16.5. The molecular formula is C27H30N2O5. The summed E-state index contributed by atoms with van der Waals surface area (Å²) >= 11 is 0. The van der Waals surface area contributed by atoms with Crippen molar-refractivity contribution in [3.8, 4) is 11.1 Å². The molecule has 0 radical (unpaired) electrons. The summed E-state index contributed by atoms with van der Waals surface area (Å²) in [6.07, 6.45) is 4.06. The lowest BCUT2D eigenvalue weighted by molar-refractivity contribution is -0.142. The monoisotopic (exact) mass is 462 g/mol. The molecule has 7 nitrogen and oxygen atoms in total. The largest absolute Gasteiger partial charge is 0.480 e. The fraction of sp³-hybridized carbons (Fsp3) is 0.444. The van der Waals surface area contributed by atoms with Gasteiger partial charge in [-0.05, 0) is 47.4 Å². The first-order chi connectivity index (χ1) is 16.5. The van der Waals surface area contributed by atoms with Crippen LogP contribution >= 0.6 is 0 Å². The molecule has 2 aromatic carbocycles. The van der Waals surface area contributed by atoms with Crippen LogP contribution in [0.3, 0.4) is 0 Å². The van der Waals surface area contributed by atoms with Crippen LogP contribution < -0.4 is 10.6 Å². The number of nitrogens with one attached hydrogen (secondary N) is 2. The van der Waals surface area contributed by atoms with Crippen LogP contribution in [-0.2, 0) is 14.3 Å². The van der Waals surface area contributed by atoms with Crippen molar-refractivity contribution in [1.29, 1.82) is 0 Å². The van der Waals surface area contributed by atoms with Crippen LogP contribution in [0.4, 0.5) is 4.79 Å². The normalized spacial score (nSPS) is 21.9. The maximum absolute atomic E-state index is 12.8. The van der Waals surface area contributed by atoms with Gasteiger partial charge in [0, 0.05) is 12.0 Å². The number of rotatable bonds is 8. The number of benzene rings is 2. The van der Waals surface area contributed by atoms with E-state index >= 15 is 0 Å². The Morgan fingerprint density at radius 1 is 0.941 bits per heavy atom. The van der Waals surface area contributed by atoms with Crippen LogP contribution in [0.15, 0.2) is 48.5 Å². The third-order valence-electron chi connectivity index (χ3n) is 7.38. The van der Waals surface area contributed by atoms with Crippen LogP contribution in [0.2, 0.25) is 0 Å². The molecule has 34 heavy (non-hydrogen) atoms. The topological polar surface area (TPSA) is 105 Å². The van der Waals surface area contributed by atoms with Crippen LogP contribution in [0.1, 0.15) is 55.6 Å². The Balaban J connectivity index is 1.18. The average Bonchev–Trinajstić information content (AvgIpc) is 3.43. The number of ether oxygens (including phenoxy) is 1. The molecule has 3 N–H and O–H groups in total. The Labute approximate surface area is 198 Å². The van der Waals surface area contributed by atoms with Crippen molar-refractivity contribution in [3.05, 3.63) is 59.7 Å². The number of carbonyl (C=O) groups excluding carboxylic acids is 2. The number of alkyl carbamates (subject to hydrolysis) is 1. The lowest BCUT2D eigenvalue weighted by Gasteiger charge is -2.23. The Kier molecular flexibility index (Phi) is 6.26. The van der Waals surface area contributed by atoms with Crippen molar-refractivity contribution in [2.45, 2.75) is 56.5 Å². The summed E-state index contributed by atoms with van der Waals surface area (Å²) in [5, 5.41) is 15.0. The fourth-order valence-corrected chi connectivity index (χ4v) is 5.43. The van der Waals surface area contributed by atoms with Crippen molar-refractivity contribution in [2.24, 2.45) is 11.8 Å². The van der Waals surface area contributed by atoms with E-state index in [-0.39, 0.29) is 24.5 Å². The van der Waals surface area contributed by atoms with Gasteiger partial charge in [-0.2, -0.15) is 0 Å². The highest BCUT2D eigenvalue weighted by Gasteiger charge is 2.38. The van der Waals surface area contributed by atoms with E-state index < -0.39 is 24.0 Å². The summed E-state index contributed by atoms with van der Waals surface area (Å²) in [7, 11) is 0. The van der Waals surface area contributed by atoms with Gasteiger partial charge in [-0.1, -0.05) is 67.8 Å². The number of fused-ring (bicyclic) bond motifs is 3. The molecule has 2 saturated carbocycles. The molecule has 2 amide bonds. The molecule has 0 spiro atoms. The summed E-state index contributed by atoms with van der Waals surface area (Å²) < 4.78 is 5.63. The van der Waals surface area contributed by atoms with Crippen LogP contribution in [0, 0.1) is 11.8 Å². The molecule has 0 aliphatic heterocycles. The summed E-state index contributed by atoms with van der Waals surface area (Å²) in [5.74, 6) is -1.38. The second-order valence-electron chi connectivity index (χ2n) is 9.69. The van der Waals surface area contributed by atoms with Crippen molar-refractivity contribution < 1.29 is 24.2 Å². The minimum absolute atomic E-state index is 0.0282. The summed E-state index contributed by atoms with van der Waals surface area (Å²) in [6.45, 7) is 0.214. The van der Waals surface area contributed by atoms with Crippen molar-refractivity contribution >= 4 is 18.0 Å². The van der Waals surface area contributed by atoms with E-state index in [0.29, 0.717) is 25.2 Å². The second kappa shape index (κ2) is 9.49. The molecule has 0 bridgehead atoms. The van der Waals surface area contributed by atoms with Crippen molar-refractivity contribution in [3.63, 3.8) is 0 Å². The van der Waals surface area contributed by atoms with Gasteiger partial charge in [0.15, 0.2) is 0 Å². The summed E-state index contributed by atoms with van der Waals surface area (Å²) in [4.78, 5) is 37.1. The predicted molar refractivity (Wildman–Crippen MR) is 126 cm³/mol. The van der Waals surface area contributed by atoms with E-state index in [9.17, 15) is 19.5 Å². The standard InChI is InChI=1S/C27H30N2O5/c30-25(28-24(26(31)32)14-16-12-13-16)21-10-5-11-23(21)29-27(33)34-15-22-19-8-3-1-6-17(19)18-7-2-4-9-20(18)22/h1-4,6-9,16,21-24H,5,10-15H2,(H,28,30)(H,29,33)(H,31,32)/t21-,23+,24?/m0/s1. The molecule has 3 atom stereocenters. The molecule has 1 unspecified atom stereocenters. The number of carbonyl (C=O) groups is 3. The zero-order valence-corrected chi connectivity index (χ0v) is 19.0. The maximum Gasteiger partial charge on any atom is 0.407 e. The van der Waals surface area contributed by atoms with Crippen molar-refractivity contribution in [1.82, 2.24) is 10.6 Å². The summed E-state index contributed by atoms with van der Waals surface area (Å²) in [6, 6.07) is 15.1. The third-order valence-corrected chi connectivity index (χ3v) is 7.38. The number of hydrogen-bond acceptors (Lipinski definition) is 4. The van der Waals surface area contributed by atoms with E-state index in [1.54, 1.807) is 0 Å². The van der Waals surface area contributed by atoms with Crippen molar-refractivity contribution in [2.75, 3.05) is 6.61 Å². The van der Waals surface area contributed by atoms with Gasteiger partial charge in [-0.3, -0.25) is 4.79 Å². The van der Waals surface area contributed by atoms with E-state index in [0.717, 1.165) is 30.4 Å². The van der Waals surface area contributed by atoms with Crippen LogP contribution in [-0.4, -0.2) is 41.8 Å². The molecule has 0 heterocycles. The Morgan fingerprint density at radius 3 is 2.21 bits per heavy atom. The van der Waals surface area contributed by atoms with Gasteiger partial charge in [0.25, 0.3) is 0 Å². The van der Waals surface area contributed by atoms with Gasteiger partial charge >= 0.3 is 12.1 Å². The molecular weight excluding hydrogens is 432 g/mol. The van der Waals surface area contributed by atoms with E-state index in [2.05, 4.69) is 34.9 Å². The molecule has 3 aliphatic carbocycles. The molecule has 3 aliphatic rings. The fourth-order valence-electron chi connectivity index (χ4n) is 5.43. The number of hydrogen-bond donors (Lipinski definition) is 3. The zero-order chi connectivity index (χ0) is 23.7. The van der Waals surface area contributed by atoms with Gasteiger partial charge < -0.3 is 20.5 Å². The second-order valence-corrected chi connectivity index (χ2v) is 9.69. The van der Waals surface area contributed by atoms with Gasteiger partial charge in [-0.15, -0.1) is 0 Å². The van der Waals surface area contributed by atoms with Crippen LogP contribution in [0.5, 0.6) is 0 Å². The molecule has 2 fully saturated rings. The number of carboxylic acid groups (broad SMARTS) is 1. The molecule has 5 rings (SSSR count). The average molecular weight is 463 g/mol. The smallest absolute Gasteiger partial charge is 0.407 e. The minimum atomic E-state index is -1.00. The Bertz CT molecular complexity index is 1050. The Hall–Kier alpha value is -3.35. The van der Waals surface area contributed by atoms with Gasteiger partial charge in [0.1, 0.15) is 12.6 Å². The number of carboxylic acids is 1. The Morgan fingerprint density at radius 2 is 1.59 bits per heavy atom. The highest BCUT2D eigenvalue weighted by molar-refractivity contribution is 5.86. The first-order valence-electron chi connectivity index (χ1n) is 12.2. The number of amides is 2. The van der Waals surface area contributed by atoms with E-state index in [4.69, 9.17) is 4.74 Å². The third kappa shape index (κ3) is 4.65. The number of aliphatic carboxylic acids is 1. The predicted octanol–water partition coefficient (Wildman–Crippen LogP) is 4.06. The molecule has 178 valence electrons. The zero-order valence-electron chi connectivity index (χ0n) is 19.0. The van der Waals surface area contributed by atoms with Gasteiger partial charge in [-0.25, -0.2) is 9.59 Å². The molecule has 0 saturated heterocycles. The molecule has 0 aromatic heterocycles. The first-order valence-corrected chi connectivity index (χ1v) is 12.2. The highest BCUT2D eigenvalue weighted by Crippen LogP contribution is 2.44. The molecule has 2 aromatic rings. The van der Waals surface area contributed by atoms with Crippen LogP contribution in [0.25, 0.3) is 11.1 Å². The van der Waals surface area contributed by atoms with E-state index in [1.165, 1.54) is 11.1 Å². The van der Waals surface area contributed by atoms with Gasteiger partial charge in [0.2, 0.25) is 5.91 Å². The first kappa shape index (κ1) is 22.4. The minimum Gasteiger partial charge on any atom is -0.480 e. The lowest BCUT2D eigenvalue weighted by atomic mass is 9.98. The van der Waals surface area contributed by atoms with E-state index in [1.807, 2.05) is 24.3 Å². The quantitative estimate of drug-likeness (QED) is 0.549.